The van der Waals surface area contributed by atoms with Crippen molar-refractivity contribution in [1.29, 1.82) is 0 Å². The molecule has 3 aromatic rings. The van der Waals surface area contributed by atoms with Gasteiger partial charge in [-0.1, -0.05) is 34.5 Å². The van der Waals surface area contributed by atoms with Gasteiger partial charge in [0.05, 0.1) is 10.9 Å². The van der Waals surface area contributed by atoms with E-state index in [4.69, 9.17) is 0 Å². The van der Waals surface area contributed by atoms with Crippen LogP contribution in [0.3, 0.4) is 0 Å². The van der Waals surface area contributed by atoms with Crippen LogP contribution in [0.2, 0.25) is 0 Å². The number of benzene rings is 2. The van der Waals surface area contributed by atoms with Crippen LogP contribution < -0.4 is 5.32 Å². The highest BCUT2D eigenvalue weighted by molar-refractivity contribution is 9.10. The van der Waals surface area contributed by atoms with E-state index in [1.807, 2.05) is 18.2 Å². The topological polar surface area (TPSA) is 79.4 Å². The van der Waals surface area contributed by atoms with Crippen LogP contribution in [0.1, 0.15) is 41.2 Å². The fourth-order valence-corrected chi connectivity index (χ4v) is 5.86. The van der Waals surface area contributed by atoms with E-state index in [1.165, 1.54) is 0 Å². The van der Waals surface area contributed by atoms with E-state index in [2.05, 4.69) is 26.2 Å². The van der Waals surface area contributed by atoms with Gasteiger partial charge in [0.1, 0.15) is 0 Å². The lowest BCUT2D eigenvalue weighted by Crippen LogP contribution is -2.38. The van der Waals surface area contributed by atoms with Gasteiger partial charge >= 0.3 is 0 Å². The third-order valence-electron chi connectivity index (χ3n) is 5.33. The number of aromatic nitrogens is 1. The van der Waals surface area contributed by atoms with Crippen LogP contribution in [0, 0.1) is 0 Å². The molecular formula is C23H22BrN3O3S. The van der Waals surface area contributed by atoms with Crippen LogP contribution in [0.15, 0.2) is 82.4 Å². The number of hydrogen-bond acceptors (Lipinski definition) is 4. The summed E-state index contributed by atoms with van der Waals surface area (Å²) in [6.45, 7) is 0.475. The number of piperidine rings is 1. The number of pyridine rings is 1. The molecule has 4 rings (SSSR count). The number of carbonyl (C=O) groups is 1. The highest BCUT2D eigenvalue weighted by Crippen LogP contribution is 2.35. The summed E-state index contributed by atoms with van der Waals surface area (Å²) in [5.41, 5.74) is 1.95. The molecule has 0 aliphatic carbocycles. The maximum atomic E-state index is 13.4. The molecule has 0 bridgehead atoms. The SMILES string of the molecule is O=C(Nc1ccc(S(=O)(=O)N2CCCC[C@H]2c2cccnc2)cc1)c1cccc(Br)c1. The maximum Gasteiger partial charge on any atom is 0.255 e. The number of nitrogens with zero attached hydrogens (tertiary/aromatic N) is 2. The van der Waals surface area contributed by atoms with E-state index in [1.54, 1.807) is 59.2 Å². The summed E-state index contributed by atoms with van der Waals surface area (Å²) in [5, 5.41) is 2.80. The Morgan fingerprint density at radius 1 is 1.06 bits per heavy atom. The van der Waals surface area contributed by atoms with Gasteiger partial charge in [0.15, 0.2) is 0 Å². The highest BCUT2D eigenvalue weighted by Gasteiger charge is 2.34. The molecule has 0 radical (unpaired) electrons. The van der Waals surface area contributed by atoms with E-state index in [9.17, 15) is 13.2 Å². The molecule has 1 N–H and O–H groups in total. The molecule has 1 aliphatic rings. The van der Waals surface area contributed by atoms with Crippen molar-refractivity contribution in [3.63, 3.8) is 0 Å². The number of anilines is 1. The molecule has 160 valence electrons. The average molecular weight is 500 g/mol. The lowest BCUT2D eigenvalue weighted by molar-refractivity contribution is 0.102. The Morgan fingerprint density at radius 3 is 2.58 bits per heavy atom. The standard InChI is InChI=1S/C23H22BrN3O3S/c24-19-7-3-5-17(15-19)23(28)26-20-9-11-21(12-10-20)31(29,30)27-14-2-1-8-22(27)18-6-4-13-25-16-18/h3-7,9-13,15-16,22H,1-2,8,14H2,(H,26,28)/t22-/m0/s1. The Hall–Kier alpha value is -2.55. The molecule has 31 heavy (non-hydrogen) atoms. The van der Waals surface area contributed by atoms with E-state index in [0.29, 0.717) is 17.8 Å². The summed E-state index contributed by atoms with van der Waals surface area (Å²) in [6, 6.07) is 16.9. The molecule has 1 aliphatic heterocycles. The molecule has 6 nitrogen and oxygen atoms in total. The van der Waals surface area contributed by atoms with Crippen LogP contribution >= 0.6 is 15.9 Å². The first-order valence-corrected chi connectivity index (χ1v) is 12.3. The predicted molar refractivity (Wildman–Crippen MR) is 123 cm³/mol. The molecule has 1 fully saturated rings. The van der Waals surface area contributed by atoms with Gasteiger partial charge in [-0.2, -0.15) is 4.31 Å². The number of hydrogen-bond donors (Lipinski definition) is 1. The first kappa shape index (κ1) is 21.7. The van der Waals surface area contributed by atoms with Crippen LogP contribution in [-0.4, -0.2) is 30.2 Å². The number of sulfonamides is 1. The average Bonchev–Trinajstić information content (AvgIpc) is 2.80. The molecule has 0 saturated carbocycles. The Morgan fingerprint density at radius 2 is 1.87 bits per heavy atom. The van der Waals surface area contributed by atoms with E-state index in [-0.39, 0.29) is 16.8 Å². The Balaban J connectivity index is 1.54. The Labute approximate surface area is 190 Å². The molecule has 1 amide bonds. The molecule has 1 atom stereocenters. The molecule has 8 heteroatoms. The number of rotatable bonds is 5. The van der Waals surface area contributed by atoms with Gasteiger partial charge in [0.2, 0.25) is 10.0 Å². The lowest BCUT2D eigenvalue weighted by atomic mass is 9.99. The van der Waals surface area contributed by atoms with E-state index >= 15 is 0 Å². The zero-order chi connectivity index (χ0) is 21.8. The van der Waals surface area contributed by atoms with Crippen LogP contribution in [0.5, 0.6) is 0 Å². The summed E-state index contributed by atoms with van der Waals surface area (Å²) in [6.07, 6.45) is 6.00. The molecule has 1 aromatic heterocycles. The predicted octanol–water partition coefficient (Wildman–Crippen LogP) is 5.01. The number of nitrogens with one attached hydrogen (secondary N) is 1. The van der Waals surface area contributed by atoms with Crippen LogP contribution in [0.25, 0.3) is 0 Å². The minimum absolute atomic E-state index is 0.212. The fraction of sp³-hybridized carbons (Fsp3) is 0.217. The van der Waals surface area contributed by atoms with Gasteiger partial charge < -0.3 is 5.32 Å². The highest BCUT2D eigenvalue weighted by atomic mass is 79.9. The number of amides is 1. The normalized spacial score (nSPS) is 17.3. The van der Waals surface area contributed by atoms with Crippen molar-refractivity contribution in [1.82, 2.24) is 9.29 Å². The monoisotopic (exact) mass is 499 g/mol. The Bertz CT molecular complexity index is 1170. The van der Waals surface area contributed by atoms with Crippen molar-refractivity contribution in [2.75, 3.05) is 11.9 Å². The van der Waals surface area contributed by atoms with Gasteiger partial charge in [-0.3, -0.25) is 9.78 Å². The second kappa shape index (κ2) is 9.30. The van der Waals surface area contributed by atoms with Crippen molar-refractivity contribution in [2.24, 2.45) is 0 Å². The molecule has 0 unspecified atom stereocenters. The van der Waals surface area contributed by atoms with Crippen LogP contribution in [0.4, 0.5) is 5.69 Å². The Kier molecular flexibility index (Phi) is 6.50. The van der Waals surface area contributed by atoms with E-state index in [0.717, 1.165) is 29.3 Å². The fourth-order valence-electron chi connectivity index (χ4n) is 3.78. The molecule has 1 saturated heterocycles. The zero-order valence-corrected chi connectivity index (χ0v) is 19.1. The zero-order valence-electron chi connectivity index (χ0n) is 16.7. The summed E-state index contributed by atoms with van der Waals surface area (Å²) >= 11 is 3.35. The van der Waals surface area contributed by atoms with Gasteiger partial charge in [-0.05, 0) is 66.9 Å². The third kappa shape index (κ3) is 4.87. The van der Waals surface area contributed by atoms with E-state index < -0.39 is 10.0 Å². The van der Waals surface area contributed by atoms with Gasteiger partial charge in [0, 0.05) is 34.7 Å². The largest absolute Gasteiger partial charge is 0.322 e. The number of carbonyl (C=O) groups excluding carboxylic acids is 1. The first-order chi connectivity index (χ1) is 14.9. The van der Waals surface area contributed by atoms with Crippen molar-refractivity contribution in [3.8, 4) is 0 Å². The van der Waals surface area contributed by atoms with Gasteiger partial charge in [-0.15, -0.1) is 0 Å². The number of halogens is 1. The summed E-state index contributed by atoms with van der Waals surface area (Å²) < 4.78 is 29.1. The third-order valence-corrected chi connectivity index (χ3v) is 7.74. The van der Waals surface area contributed by atoms with Crippen molar-refractivity contribution in [2.45, 2.75) is 30.2 Å². The quantitative estimate of drug-likeness (QED) is 0.534. The van der Waals surface area contributed by atoms with Crippen molar-refractivity contribution >= 4 is 37.5 Å². The summed E-state index contributed by atoms with van der Waals surface area (Å²) in [5.74, 6) is -0.260. The molecule has 2 aromatic carbocycles. The summed E-state index contributed by atoms with van der Waals surface area (Å²) in [4.78, 5) is 16.8. The van der Waals surface area contributed by atoms with Gasteiger partial charge in [0.25, 0.3) is 5.91 Å². The minimum Gasteiger partial charge on any atom is -0.322 e. The first-order valence-electron chi connectivity index (χ1n) is 10.0. The second-order valence-electron chi connectivity index (χ2n) is 7.40. The molecular weight excluding hydrogens is 478 g/mol. The maximum absolute atomic E-state index is 13.4. The molecule has 0 spiro atoms. The molecule has 2 heterocycles. The second-order valence-corrected chi connectivity index (χ2v) is 10.2. The van der Waals surface area contributed by atoms with Crippen molar-refractivity contribution < 1.29 is 13.2 Å². The summed E-state index contributed by atoms with van der Waals surface area (Å²) in [7, 11) is -3.68. The van der Waals surface area contributed by atoms with Crippen LogP contribution in [-0.2, 0) is 10.0 Å². The van der Waals surface area contributed by atoms with Crippen molar-refractivity contribution in [3.05, 3.63) is 88.7 Å². The van der Waals surface area contributed by atoms with Gasteiger partial charge in [-0.25, -0.2) is 8.42 Å². The minimum atomic E-state index is -3.68. The smallest absolute Gasteiger partial charge is 0.255 e. The lowest BCUT2D eigenvalue weighted by Gasteiger charge is -2.34.